The average Bonchev–Trinajstić information content (AvgIpc) is 2.47. The molecule has 0 fully saturated rings. The highest BCUT2D eigenvalue weighted by Gasteiger charge is 2.09. The van der Waals surface area contributed by atoms with Gasteiger partial charge in [0.25, 0.3) is 0 Å². The molecule has 3 aromatic rings. The molecular weight excluding hydrogens is 326 g/mol. The summed E-state index contributed by atoms with van der Waals surface area (Å²) in [4.78, 5) is 16.9. The van der Waals surface area contributed by atoms with Gasteiger partial charge in [0.2, 0.25) is 0 Å². The van der Waals surface area contributed by atoms with E-state index in [1.165, 1.54) is 0 Å². The Morgan fingerprint density at radius 2 is 1.95 bits per heavy atom. The Labute approximate surface area is 132 Å². The molecule has 3 rings (SSSR count). The molecule has 0 spiro atoms. The van der Waals surface area contributed by atoms with Gasteiger partial charge < -0.3 is 0 Å². The van der Waals surface area contributed by atoms with E-state index in [2.05, 4.69) is 20.9 Å². The van der Waals surface area contributed by atoms with E-state index in [0.29, 0.717) is 6.42 Å². The molecule has 0 unspecified atom stereocenters. The second-order valence-electron chi connectivity index (χ2n) is 5.11. The molecule has 21 heavy (non-hydrogen) atoms. The van der Waals surface area contributed by atoms with Crippen LogP contribution in [0.2, 0.25) is 0 Å². The quantitative estimate of drug-likeness (QED) is 0.645. The molecule has 0 aliphatic carbocycles. The largest absolute Gasteiger partial charge is 0.294 e. The molecule has 2 nitrogen and oxygen atoms in total. The predicted molar refractivity (Wildman–Crippen MR) is 88.7 cm³/mol. The van der Waals surface area contributed by atoms with E-state index in [4.69, 9.17) is 0 Å². The molecule has 0 saturated heterocycles. The monoisotopic (exact) mass is 339 g/mol. The minimum absolute atomic E-state index is 0.0997. The van der Waals surface area contributed by atoms with Crippen molar-refractivity contribution in [1.29, 1.82) is 0 Å². The van der Waals surface area contributed by atoms with Gasteiger partial charge in [-0.15, -0.1) is 0 Å². The number of ketones is 1. The molecule has 0 atom stereocenters. The Morgan fingerprint density at radius 1 is 1.10 bits per heavy atom. The lowest BCUT2D eigenvalue weighted by Gasteiger charge is -2.04. The molecule has 0 saturated carbocycles. The number of carbonyl (C=O) groups excluding carboxylic acids is 1. The summed E-state index contributed by atoms with van der Waals surface area (Å²) in [5.74, 6) is 0.0997. The first-order valence-corrected chi connectivity index (χ1v) is 7.56. The molecule has 104 valence electrons. The number of Topliss-reactive ketones (excluding diaryl/α,β-unsaturated/α-hetero) is 1. The number of aromatic nitrogens is 1. The molecule has 1 aromatic heterocycles. The third-order valence-corrected chi connectivity index (χ3v) is 3.88. The van der Waals surface area contributed by atoms with Crippen molar-refractivity contribution < 1.29 is 4.79 Å². The van der Waals surface area contributed by atoms with Crippen LogP contribution in [0.4, 0.5) is 0 Å². The molecule has 1 heterocycles. The zero-order valence-electron chi connectivity index (χ0n) is 11.6. The first kappa shape index (κ1) is 14.0. The highest BCUT2D eigenvalue weighted by atomic mass is 79.9. The van der Waals surface area contributed by atoms with Crippen molar-refractivity contribution in [2.45, 2.75) is 13.3 Å². The molecule has 3 heteroatoms. The number of aryl methyl sites for hydroxylation is 1. The van der Waals surface area contributed by atoms with Crippen molar-refractivity contribution in [2.75, 3.05) is 0 Å². The summed E-state index contributed by atoms with van der Waals surface area (Å²) in [5.41, 5.74) is 3.55. The van der Waals surface area contributed by atoms with Gasteiger partial charge in [-0.2, -0.15) is 0 Å². The van der Waals surface area contributed by atoms with Crippen LogP contribution >= 0.6 is 15.9 Å². The van der Waals surface area contributed by atoms with Gasteiger partial charge in [-0.05, 0) is 37.3 Å². The van der Waals surface area contributed by atoms with E-state index < -0.39 is 0 Å². The van der Waals surface area contributed by atoms with Gasteiger partial charge in [0.1, 0.15) is 0 Å². The van der Waals surface area contributed by atoms with E-state index in [9.17, 15) is 4.79 Å². The number of halogens is 1. The second-order valence-corrected chi connectivity index (χ2v) is 6.02. The lowest BCUT2D eigenvalue weighted by atomic mass is 10.0. The first-order valence-electron chi connectivity index (χ1n) is 6.77. The van der Waals surface area contributed by atoms with Crippen LogP contribution in [0, 0.1) is 6.92 Å². The minimum atomic E-state index is 0.0997. The Kier molecular flexibility index (Phi) is 3.84. The number of rotatable bonds is 3. The van der Waals surface area contributed by atoms with E-state index in [1.807, 2.05) is 61.5 Å². The van der Waals surface area contributed by atoms with Gasteiger partial charge >= 0.3 is 0 Å². The minimum Gasteiger partial charge on any atom is -0.294 e. The van der Waals surface area contributed by atoms with Gasteiger partial charge in [-0.3, -0.25) is 9.78 Å². The molecule has 2 aromatic carbocycles. The second kappa shape index (κ2) is 5.78. The molecule has 0 bridgehead atoms. The van der Waals surface area contributed by atoms with Crippen LogP contribution in [0.25, 0.3) is 10.9 Å². The lowest BCUT2D eigenvalue weighted by molar-refractivity contribution is 0.0992. The normalized spacial score (nSPS) is 10.8. The smallest absolute Gasteiger partial charge is 0.168 e. The molecule has 0 aliphatic heterocycles. The van der Waals surface area contributed by atoms with Crippen LogP contribution in [0.5, 0.6) is 0 Å². The van der Waals surface area contributed by atoms with Crippen LogP contribution in [-0.2, 0) is 6.42 Å². The number of benzene rings is 2. The fraction of sp³-hybridized carbons (Fsp3) is 0.111. The Hall–Kier alpha value is -2.00. The van der Waals surface area contributed by atoms with Gasteiger partial charge in [0, 0.05) is 21.1 Å². The number of carbonyl (C=O) groups is 1. The zero-order valence-corrected chi connectivity index (χ0v) is 13.2. The topological polar surface area (TPSA) is 30.0 Å². The maximum absolute atomic E-state index is 12.3. The summed E-state index contributed by atoms with van der Waals surface area (Å²) in [6.45, 7) is 1.99. The summed E-state index contributed by atoms with van der Waals surface area (Å²) >= 11 is 3.45. The fourth-order valence-electron chi connectivity index (χ4n) is 2.32. The maximum Gasteiger partial charge on any atom is 0.168 e. The number of nitrogens with zero attached hydrogens (tertiary/aromatic N) is 1. The third-order valence-electron chi connectivity index (χ3n) is 3.39. The summed E-state index contributed by atoms with van der Waals surface area (Å²) in [7, 11) is 0. The summed E-state index contributed by atoms with van der Waals surface area (Å²) in [5, 5.41) is 1.07. The number of hydrogen-bond donors (Lipinski definition) is 0. The molecule has 0 N–H and O–H groups in total. The van der Waals surface area contributed by atoms with Crippen LogP contribution < -0.4 is 0 Å². The third kappa shape index (κ3) is 3.19. The van der Waals surface area contributed by atoms with E-state index in [0.717, 1.165) is 32.2 Å². The van der Waals surface area contributed by atoms with Crippen LogP contribution in [0.1, 0.15) is 21.6 Å². The fourth-order valence-corrected chi connectivity index (χ4v) is 2.70. The van der Waals surface area contributed by atoms with E-state index >= 15 is 0 Å². The zero-order chi connectivity index (χ0) is 14.8. The van der Waals surface area contributed by atoms with Crippen LogP contribution in [0.15, 0.2) is 59.1 Å². The predicted octanol–water partition coefficient (Wildman–Crippen LogP) is 4.73. The van der Waals surface area contributed by atoms with Gasteiger partial charge in [-0.25, -0.2) is 0 Å². The lowest BCUT2D eigenvalue weighted by Crippen LogP contribution is -2.05. The van der Waals surface area contributed by atoms with Crippen molar-refractivity contribution in [1.82, 2.24) is 4.98 Å². The maximum atomic E-state index is 12.3. The highest BCUT2D eigenvalue weighted by molar-refractivity contribution is 9.10. The van der Waals surface area contributed by atoms with Gasteiger partial charge in [0.15, 0.2) is 5.78 Å². The highest BCUT2D eigenvalue weighted by Crippen LogP contribution is 2.19. The summed E-state index contributed by atoms with van der Waals surface area (Å²) < 4.78 is 1.03. The Bertz CT molecular complexity index is 826. The average molecular weight is 340 g/mol. The van der Waals surface area contributed by atoms with Crippen molar-refractivity contribution in [3.8, 4) is 0 Å². The summed E-state index contributed by atoms with van der Waals surface area (Å²) in [6, 6.07) is 17.5. The molecule has 0 radical (unpaired) electrons. The molecular formula is C18H14BrNO. The molecule has 0 aliphatic rings. The Morgan fingerprint density at radius 3 is 2.76 bits per heavy atom. The number of pyridine rings is 1. The molecule has 0 amide bonds. The van der Waals surface area contributed by atoms with E-state index in [1.54, 1.807) is 0 Å². The Balaban J connectivity index is 1.87. The standard InChI is InChI=1S/C18H14BrNO/c1-12-3-2-4-14(9-12)18(21)11-16-7-5-13-10-15(19)6-8-17(13)20-16/h2-10H,11H2,1H3. The van der Waals surface area contributed by atoms with Crippen molar-refractivity contribution in [3.63, 3.8) is 0 Å². The van der Waals surface area contributed by atoms with Crippen molar-refractivity contribution in [2.24, 2.45) is 0 Å². The van der Waals surface area contributed by atoms with Gasteiger partial charge in [-0.1, -0.05) is 45.8 Å². The van der Waals surface area contributed by atoms with E-state index in [-0.39, 0.29) is 5.78 Å². The number of hydrogen-bond acceptors (Lipinski definition) is 2. The number of fused-ring (bicyclic) bond motifs is 1. The van der Waals surface area contributed by atoms with Gasteiger partial charge in [0.05, 0.1) is 11.9 Å². The van der Waals surface area contributed by atoms with Crippen molar-refractivity contribution in [3.05, 3.63) is 75.9 Å². The van der Waals surface area contributed by atoms with Crippen LogP contribution in [0.3, 0.4) is 0 Å². The summed E-state index contributed by atoms with van der Waals surface area (Å²) in [6.07, 6.45) is 0.329. The SMILES string of the molecule is Cc1cccc(C(=O)Cc2ccc3cc(Br)ccc3n2)c1. The van der Waals surface area contributed by atoms with Crippen molar-refractivity contribution >= 4 is 32.6 Å². The van der Waals surface area contributed by atoms with Crippen LogP contribution in [-0.4, -0.2) is 10.8 Å². The first-order chi connectivity index (χ1) is 10.1.